The van der Waals surface area contributed by atoms with Gasteiger partial charge in [0.2, 0.25) is 0 Å². The van der Waals surface area contributed by atoms with Gasteiger partial charge in [-0.2, -0.15) is 5.10 Å². The molecule has 13 heavy (non-hydrogen) atoms. The lowest BCUT2D eigenvalue weighted by Crippen LogP contribution is -2.28. The van der Waals surface area contributed by atoms with Gasteiger partial charge in [0.05, 0.1) is 12.4 Å². The topological polar surface area (TPSA) is 67.1 Å². The van der Waals surface area contributed by atoms with Crippen LogP contribution in [0.3, 0.4) is 0 Å². The standard InChI is InChI=1S/C6H10N6S/c1-7-6(13)10-8-3-5-4-12(2)11-9-5/h3-4H,1-2H3,(H2,7,10,13)/b8-3+. The zero-order valence-corrected chi connectivity index (χ0v) is 8.17. The molecule has 7 heteroatoms. The lowest BCUT2D eigenvalue weighted by Gasteiger charge is -1.97. The third-order valence-corrected chi connectivity index (χ3v) is 1.51. The lowest BCUT2D eigenvalue weighted by molar-refractivity contribution is 0.714. The fraction of sp³-hybridized carbons (Fsp3) is 0.333. The Morgan fingerprint density at radius 1 is 1.77 bits per heavy atom. The van der Waals surface area contributed by atoms with Gasteiger partial charge >= 0.3 is 0 Å². The van der Waals surface area contributed by atoms with E-state index in [1.165, 1.54) is 6.21 Å². The van der Waals surface area contributed by atoms with E-state index in [9.17, 15) is 0 Å². The van der Waals surface area contributed by atoms with Crippen molar-refractivity contribution in [1.82, 2.24) is 25.7 Å². The number of hydrogen-bond acceptors (Lipinski definition) is 4. The van der Waals surface area contributed by atoms with Gasteiger partial charge < -0.3 is 5.32 Å². The second-order valence-corrected chi connectivity index (χ2v) is 2.67. The van der Waals surface area contributed by atoms with Crippen LogP contribution in [0.15, 0.2) is 11.3 Å². The highest BCUT2D eigenvalue weighted by Gasteiger charge is 1.92. The van der Waals surface area contributed by atoms with E-state index in [4.69, 9.17) is 12.2 Å². The molecule has 0 aromatic carbocycles. The maximum Gasteiger partial charge on any atom is 0.186 e. The van der Waals surface area contributed by atoms with E-state index in [1.54, 1.807) is 25.0 Å². The summed E-state index contributed by atoms with van der Waals surface area (Å²) < 4.78 is 1.59. The summed E-state index contributed by atoms with van der Waals surface area (Å²) in [5.74, 6) is 0. The maximum atomic E-state index is 4.80. The first-order chi connectivity index (χ1) is 6.22. The summed E-state index contributed by atoms with van der Waals surface area (Å²) >= 11 is 4.80. The molecule has 0 amide bonds. The van der Waals surface area contributed by atoms with Gasteiger partial charge in [0.25, 0.3) is 0 Å². The minimum Gasteiger partial charge on any atom is -0.364 e. The Morgan fingerprint density at radius 2 is 2.54 bits per heavy atom. The molecule has 6 nitrogen and oxygen atoms in total. The maximum absolute atomic E-state index is 4.80. The normalized spacial score (nSPS) is 10.3. The number of nitrogens with zero attached hydrogens (tertiary/aromatic N) is 4. The predicted octanol–water partition coefficient (Wildman–Crippen LogP) is -0.757. The van der Waals surface area contributed by atoms with Crippen molar-refractivity contribution in [3.63, 3.8) is 0 Å². The molecular formula is C6H10N6S. The van der Waals surface area contributed by atoms with Gasteiger partial charge in [-0.15, -0.1) is 5.10 Å². The number of aromatic nitrogens is 3. The number of aryl methyl sites for hydroxylation is 1. The molecule has 0 radical (unpaired) electrons. The Morgan fingerprint density at radius 3 is 3.08 bits per heavy atom. The van der Waals surface area contributed by atoms with Gasteiger partial charge in [0.1, 0.15) is 5.69 Å². The van der Waals surface area contributed by atoms with Crippen LogP contribution in [-0.4, -0.2) is 33.4 Å². The summed E-state index contributed by atoms with van der Waals surface area (Å²) in [6, 6.07) is 0. The van der Waals surface area contributed by atoms with Crippen molar-refractivity contribution >= 4 is 23.5 Å². The first kappa shape index (κ1) is 9.59. The predicted molar refractivity (Wildman–Crippen MR) is 53.4 cm³/mol. The second kappa shape index (κ2) is 4.51. The van der Waals surface area contributed by atoms with Crippen molar-refractivity contribution in [2.75, 3.05) is 7.05 Å². The van der Waals surface area contributed by atoms with Crippen LogP contribution < -0.4 is 10.7 Å². The fourth-order valence-electron chi connectivity index (χ4n) is 0.637. The first-order valence-electron chi connectivity index (χ1n) is 3.59. The lowest BCUT2D eigenvalue weighted by atomic mass is 10.5. The molecule has 0 aliphatic carbocycles. The molecule has 0 aliphatic heterocycles. The number of thiocarbonyl (C=S) groups is 1. The molecule has 0 saturated carbocycles. The van der Waals surface area contributed by atoms with E-state index < -0.39 is 0 Å². The molecule has 0 spiro atoms. The molecule has 1 aromatic rings. The highest BCUT2D eigenvalue weighted by molar-refractivity contribution is 7.80. The van der Waals surface area contributed by atoms with Gasteiger partial charge in [-0.1, -0.05) is 5.21 Å². The number of hydrazone groups is 1. The molecule has 1 aromatic heterocycles. The molecule has 0 aliphatic rings. The molecule has 1 heterocycles. The van der Waals surface area contributed by atoms with E-state index in [-0.39, 0.29) is 0 Å². The average molecular weight is 198 g/mol. The highest BCUT2D eigenvalue weighted by atomic mass is 32.1. The quantitative estimate of drug-likeness (QED) is 0.371. The zero-order valence-electron chi connectivity index (χ0n) is 7.35. The highest BCUT2D eigenvalue weighted by Crippen LogP contribution is 1.84. The van der Waals surface area contributed by atoms with Crippen LogP contribution >= 0.6 is 12.2 Å². The van der Waals surface area contributed by atoms with Gasteiger partial charge in [-0.25, -0.2) is 0 Å². The Hall–Kier alpha value is -1.50. The van der Waals surface area contributed by atoms with Crippen molar-refractivity contribution < 1.29 is 0 Å². The molecule has 0 fully saturated rings. The molecule has 70 valence electrons. The van der Waals surface area contributed by atoms with Crippen LogP contribution in [-0.2, 0) is 7.05 Å². The summed E-state index contributed by atoms with van der Waals surface area (Å²) in [5.41, 5.74) is 3.28. The summed E-state index contributed by atoms with van der Waals surface area (Å²) in [6.45, 7) is 0. The molecule has 0 saturated heterocycles. The first-order valence-corrected chi connectivity index (χ1v) is 4.00. The number of rotatable bonds is 2. The smallest absolute Gasteiger partial charge is 0.186 e. The Bertz CT molecular complexity index is 317. The summed E-state index contributed by atoms with van der Waals surface area (Å²) in [5, 5.41) is 14.5. The van der Waals surface area contributed by atoms with Crippen LogP contribution in [0.1, 0.15) is 5.69 Å². The third-order valence-electron chi connectivity index (χ3n) is 1.21. The SMILES string of the molecule is CNC(=S)N/N=C/c1cn(C)nn1. The van der Waals surface area contributed by atoms with Gasteiger partial charge in [-0.3, -0.25) is 10.1 Å². The van der Waals surface area contributed by atoms with E-state index in [1.807, 2.05) is 0 Å². The molecular weight excluding hydrogens is 188 g/mol. The second-order valence-electron chi connectivity index (χ2n) is 2.27. The summed E-state index contributed by atoms with van der Waals surface area (Å²) in [7, 11) is 3.50. The zero-order chi connectivity index (χ0) is 9.68. The minimum absolute atomic E-state index is 0.458. The van der Waals surface area contributed by atoms with E-state index >= 15 is 0 Å². The largest absolute Gasteiger partial charge is 0.364 e. The van der Waals surface area contributed by atoms with E-state index in [0.29, 0.717) is 10.8 Å². The van der Waals surface area contributed by atoms with Crippen LogP contribution in [0.5, 0.6) is 0 Å². The van der Waals surface area contributed by atoms with Crippen molar-refractivity contribution in [2.24, 2.45) is 12.1 Å². The van der Waals surface area contributed by atoms with Crippen molar-refractivity contribution in [1.29, 1.82) is 0 Å². The Labute approximate surface area is 81.0 Å². The Balaban J connectivity index is 2.45. The minimum atomic E-state index is 0.458. The summed E-state index contributed by atoms with van der Waals surface area (Å²) in [6.07, 6.45) is 3.28. The Kier molecular flexibility index (Phi) is 3.32. The van der Waals surface area contributed by atoms with Crippen molar-refractivity contribution in [3.8, 4) is 0 Å². The van der Waals surface area contributed by atoms with Gasteiger partial charge in [0.15, 0.2) is 5.11 Å². The molecule has 0 unspecified atom stereocenters. The summed E-state index contributed by atoms with van der Waals surface area (Å²) in [4.78, 5) is 0. The van der Waals surface area contributed by atoms with Crippen LogP contribution in [0.4, 0.5) is 0 Å². The average Bonchev–Trinajstić information content (AvgIpc) is 2.51. The third kappa shape index (κ3) is 3.16. The van der Waals surface area contributed by atoms with Crippen molar-refractivity contribution in [2.45, 2.75) is 0 Å². The van der Waals surface area contributed by atoms with Gasteiger partial charge in [-0.05, 0) is 12.2 Å². The molecule has 2 N–H and O–H groups in total. The van der Waals surface area contributed by atoms with E-state index in [0.717, 1.165) is 0 Å². The monoisotopic (exact) mass is 198 g/mol. The van der Waals surface area contributed by atoms with E-state index in [2.05, 4.69) is 26.2 Å². The molecule has 0 atom stereocenters. The van der Waals surface area contributed by atoms with Crippen molar-refractivity contribution in [3.05, 3.63) is 11.9 Å². The molecule has 0 bridgehead atoms. The van der Waals surface area contributed by atoms with Crippen LogP contribution in [0.2, 0.25) is 0 Å². The van der Waals surface area contributed by atoms with Crippen LogP contribution in [0.25, 0.3) is 0 Å². The van der Waals surface area contributed by atoms with Crippen LogP contribution in [0, 0.1) is 0 Å². The number of hydrogen-bond donors (Lipinski definition) is 2. The number of nitrogens with one attached hydrogen (secondary N) is 2. The molecule has 1 rings (SSSR count). The fourth-order valence-corrected chi connectivity index (χ4v) is 0.690. The van der Waals surface area contributed by atoms with Gasteiger partial charge in [0, 0.05) is 14.1 Å².